The van der Waals surface area contributed by atoms with Gasteiger partial charge >= 0.3 is 0 Å². The van der Waals surface area contributed by atoms with Gasteiger partial charge in [-0.2, -0.15) is 0 Å². The molecule has 3 nitrogen and oxygen atoms in total. The Bertz CT molecular complexity index is 271. The van der Waals surface area contributed by atoms with Crippen LogP contribution in [0.4, 0.5) is 5.69 Å². The summed E-state index contributed by atoms with van der Waals surface area (Å²) >= 11 is 0. The zero-order valence-corrected chi connectivity index (χ0v) is 7.38. The van der Waals surface area contributed by atoms with Crippen molar-refractivity contribution in [2.45, 2.75) is 4.90 Å². The van der Waals surface area contributed by atoms with Gasteiger partial charge < -0.3 is 10.8 Å². The molecule has 0 aliphatic carbocycles. The molecule has 0 heterocycles. The highest BCUT2D eigenvalue weighted by molar-refractivity contribution is 7.85. The molecule has 0 radical (unpaired) electrons. The average Bonchev–Trinajstić information content (AvgIpc) is 2.06. The van der Waals surface area contributed by atoms with Crippen molar-refractivity contribution in [1.82, 2.24) is 0 Å². The van der Waals surface area contributed by atoms with Crippen molar-refractivity contribution in [3.05, 3.63) is 24.3 Å². The zero-order chi connectivity index (χ0) is 8.97. The summed E-state index contributed by atoms with van der Waals surface area (Å²) in [4.78, 5) is 0.707. The van der Waals surface area contributed by atoms with E-state index in [0.717, 1.165) is 0 Å². The molecule has 66 valence electrons. The van der Waals surface area contributed by atoms with Crippen LogP contribution in [0.1, 0.15) is 0 Å². The Morgan fingerprint density at radius 3 is 2.42 bits per heavy atom. The molecule has 0 saturated carbocycles. The van der Waals surface area contributed by atoms with Crippen LogP contribution < -0.4 is 5.73 Å². The maximum Gasteiger partial charge on any atom is 0.0552 e. The number of hydrogen-bond donors (Lipinski definition) is 2. The van der Waals surface area contributed by atoms with Crippen LogP contribution in [0, 0.1) is 0 Å². The highest BCUT2D eigenvalue weighted by Gasteiger charge is 2.00. The molecule has 4 heteroatoms. The first-order chi connectivity index (χ1) is 5.74. The standard InChI is InChI=1S/C8H11NO2S/c9-7-1-3-8(4-2-7)12(11)6-5-10/h1-4,10H,5-6,9H2. The Hall–Kier alpha value is -0.870. The maximum absolute atomic E-state index is 11.3. The topological polar surface area (TPSA) is 63.3 Å². The van der Waals surface area contributed by atoms with E-state index in [4.69, 9.17) is 10.8 Å². The van der Waals surface area contributed by atoms with Crippen LogP contribution in [0.5, 0.6) is 0 Å². The van der Waals surface area contributed by atoms with Crippen LogP contribution in [-0.2, 0) is 10.8 Å². The molecule has 0 saturated heterocycles. The van der Waals surface area contributed by atoms with E-state index in [2.05, 4.69) is 0 Å². The van der Waals surface area contributed by atoms with E-state index in [1.165, 1.54) is 0 Å². The quantitative estimate of drug-likeness (QED) is 0.669. The number of aliphatic hydroxyl groups is 1. The molecule has 1 rings (SSSR count). The minimum Gasteiger partial charge on any atom is -0.399 e. The third-order valence-corrected chi connectivity index (χ3v) is 2.77. The second kappa shape index (κ2) is 4.23. The Balaban J connectivity index is 2.75. The molecule has 1 aromatic rings. The van der Waals surface area contributed by atoms with E-state index in [-0.39, 0.29) is 12.4 Å². The molecule has 0 amide bonds. The van der Waals surface area contributed by atoms with Gasteiger partial charge in [0.2, 0.25) is 0 Å². The fourth-order valence-electron chi connectivity index (χ4n) is 0.820. The summed E-state index contributed by atoms with van der Waals surface area (Å²) in [6, 6.07) is 6.82. The highest BCUT2D eigenvalue weighted by Crippen LogP contribution is 2.09. The van der Waals surface area contributed by atoms with Crippen molar-refractivity contribution in [2.75, 3.05) is 18.1 Å². The SMILES string of the molecule is Nc1ccc(S(=O)CCO)cc1. The summed E-state index contributed by atoms with van der Waals surface area (Å²) in [5.74, 6) is 0.282. The van der Waals surface area contributed by atoms with Gasteiger partial charge in [0.25, 0.3) is 0 Å². The fourth-order valence-corrected chi connectivity index (χ4v) is 1.66. The van der Waals surface area contributed by atoms with Crippen LogP contribution in [0.15, 0.2) is 29.2 Å². The van der Waals surface area contributed by atoms with Crippen molar-refractivity contribution in [3.8, 4) is 0 Å². The highest BCUT2D eigenvalue weighted by atomic mass is 32.2. The molecular formula is C8H11NO2S. The largest absolute Gasteiger partial charge is 0.399 e. The van der Waals surface area contributed by atoms with Gasteiger partial charge in [-0.05, 0) is 24.3 Å². The maximum atomic E-state index is 11.3. The minimum absolute atomic E-state index is 0.0585. The Morgan fingerprint density at radius 1 is 1.33 bits per heavy atom. The minimum atomic E-state index is -1.10. The lowest BCUT2D eigenvalue weighted by molar-refractivity contribution is 0.321. The number of aliphatic hydroxyl groups excluding tert-OH is 1. The summed E-state index contributed by atoms with van der Waals surface area (Å²) in [7, 11) is -1.10. The summed E-state index contributed by atoms with van der Waals surface area (Å²) in [6.45, 7) is -0.0585. The first-order valence-corrected chi connectivity index (χ1v) is 4.90. The summed E-state index contributed by atoms with van der Waals surface area (Å²) in [5.41, 5.74) is 6.10. The summed E-state index contributed by atoms with van der Waals surface area (Å²) in [6.07, 6.45) is 0. The van der Waals surface area contributed by atoms with E-state index in [1.807, 2.05) is 0 Å². The lowest BCUT2D eigenvalue weighted by Crippen LogP contribution is -2.01. The number of hydrogen-bond acceptors (Lipinski definition) is 3. The molecule has 0 aliphatic heterocycles. The van der Waals surface area contributed by atoms with Crippen LogP contribution in [-0.4, -0.2) is 21.7 Å². The normalized spacial score (nSPS) is 12.8. The molecule has 1 atom stereocenters. The van der Waals surface area contributed by atoms with Gasteiger partial charge in [-0.1, -0.05) is 0 Å². The molecule has 0 fully saturated rings. The van der Waals surface area contributed by atoms with E-state index >= 15 is 0 Å². The van der Waals surface area contributed by atoms with Crippen LogP contribution in [0.25, 0.3) is 0 Å². The molecule has 0 spiro atoms. The first-order valence-electron chi connectivity index (χ1n) is 3.59. The third kappa shape index (κ3) is 2.32. The smallest absolute Gasteiger partial charge is 0.0552 e. The van der Waals surface area contributed by atoms with E-state index in [9.17, 15) is 4.21 Å². The number of nitrogen functional groups attached to an aromatic ring is 1. The van der Waals surface area contributed by atoms with Crippen molar-refractivity contribution >= 4 is 16.5 Å². The van der Waals surface area contributed by atoms with Crippen LogP contribution in [0.3, 0.4) is 0 Å². The molecule has 12 heavy (non-hydrogen) atoms. The summed E-state index contributed by atoms with van der Waals surface area (Å²) < 4.78 is 11.3. The lowest BCUT2D eigenvalue weighted by atomic mass is 10.3. The molecular weight excluding hydrogens is 174 g/mol. The predicted octanol–water partition coefficient (Wildman–Crippen LogP) is 0.369. The number of nitrogens with two attached hydrogens (primary N) is 1. The van der Waals surface area contributed by atoms with Crippen LogP contribution >= 0.6 is 0 Å². The molecule has 3 N–H and O–H groups in total. The zero-order valence-electron chi connectivity index (χ0n) is 6.56. The van der Waals surface area contributed by atoms with Crippen molar-refractivity contribution in [3.63, 3.8) is 0 Å². The van der Waals surface area contributed by atoms with Gasteiger partial charge in [-0.25, -0.2) is 0 Å². The second-order valence-corrected chi connectivity index (χ2v) is 3.91. The summed E-state index contributed by atoms with van der Waals surface area (Å²) in [5, 5.41) is 8.53. The lowest BCUT2D eigenvalue weighted by Gasteiger charge is -1.99. The number of rotatable bonds is 3. The molecule has 0 aromatic heterocycles. The Morgan fingerprint density at radius 2 is 1.92 bits per heavy atom. The van der Waals surface area contributed by atoms with E-state index in [1.54, 1.807) is 24.3 Å². The van der Waals surface area contributed by atoms with E-state index in [0.29, 0.717) is 10.6 Å². The molecule has 1 unspecified atom stereocenters. The molecule has 1 aromatic carbocycles. The fraction of sp³-hybridized carbons (Fsp3) is 0.250. The van der Waals surface area contributed by atoms with Gasteiger partial charge in [-0.15, -0.1) is 0 Å². The number of benzene rings is 1. The van der Waals surface area contributed by atoms with Gasteiger partial charge in [0.1, 0.15) is 0 Å². The van der Waals surface area contributed by atoms with Gasteiger partial charge in [-0.3, -0.25) is 4.21 Å². The average molecular weight is 185 g/mol. The first kappa shape index (κ1) is 9.22. The van der Waals surface area contributed by atoms with Gasteiger partial charge in [0.05, 0.1) is 23.2 Å². The second-order valence-electron chi connectivity index (χ2n) is 2.34. The predicted molar refractivity (Wildman–Crippen MR) is 49.2 cm³/mol. The van der Waals surface area contributed by atoms with Crippen molar-refractivity contribution < 1.29 is 9.32 Å². The molecule has 0 aliphatic rings. The molecule has 0 bridgehead atoms. The third-order valence-electron chi connectivity index (χ3n) is 1.42. The van der Waals surface area contributed by atoms with Gasteiger partial charge in [0, 0.05) is 10.6 Å². The van der Waals surface area contributed by atoms with Crippen molar-refractivity contribution in [1.29, 1.82) is 0 Å². The monoisotopic (exact) mass is 185 g/mol. The number of anilines is 1. The van der Waals surface area contributed by atoms with Crippen molar-refractivity contribution in [2.24, 2.45) is 0 Å². The Labute approximate surface area is 73.7 Å². The van der Waals surface area contributed by atoms with E-state index < -0.39 is 10.8 Å². The van der Waals surface area contributed by atoms with Crippen LogP contribution in [0.2, 0.25) is 0 Å². The Kier molecular flexibility index (Phi) is 3.25. The van der Waals surface area contributed by atoms with Gasteiger partial charge in [0.15, 0.2) is 0 Å².